The van der Waals surface area contributed by atoms with Gasteiger partial charge < -0.3 is 10.2 Å². The molecule has 0 amide bonds. The molecule has 2 N–H and O–H groups in total. The number of rotatable bonds is 14. The molecule has 0 fully saturated rings. The van der Waals surface area contributed by atoms with Crippen LogP contribution in [-0.4, -0.2) is 23.4 Å². The van der Waals surface area contributed by atoms with Gasteiger partial charge in [-0.2, -0.15) is 0 Å². The molecule has 188 valence electrons. The summed E-state index contributed by atoms with van der Waals surface area (Å²) in [6.07, 6.45) is 11.5. The zero-order valence-corrected chi connectivity index (χ0v) is 22.7. The molecule has 0 aliphatic rings. The van der Waals surface area contributed by atoms with Crippen molar-refractivity contribution in [2.75, 3.05) is 13.2 Å². The third kappa shape index (κ3) is 10.8. The summed E-state index contributed by atoms with van der Waals surface area (Å²) in [6.45, 7) is 8.65. The fourth-order valence-electron chi connectivity index (χ4n) is 3.64. The van der Waals surface area contributed by atoms with Crippen molar-refractivity contribution in [1.82, 2.24) is 0 Å². The first kappa shape index (κ1) is 28.6. The van der Waals surface area contributed by atoms with Gasteiger partial charge in [0, 0.05) is 44.9 Å². The van der Waals surface area contributed by atoms with E-state index in [1.807, 2.05) is 12.2 Å². The van der Waals surface area contributed by atoms with Crippen LogP contribution in [0.4, 0.5) is 0 Å². The van der Waals surface area contributed by atoms with E-state index in [9.17, 15) is 19.8 Å². The average Bonchev–Trinajstić information content (AvgIpc) is 2.78. The average molecular weight is 505 g/mol. The Morgan fingerprint density at radius 1 is 0.676 bits per heavy atom. The van der Waals surface area contributed by atoms with Crippen molar-refractivity contribution in [3.8, 4) is 0 Å². The van der Waals surface area contributed by atoms with Crippen LogP contribution in [0, 0.1) is 10.8 Å². The first-order chi connectivity index (χ1) is 16.0. The van der Waals surface area contributed by atoms with E-state index in [0.717, 1.165) is 70.9 Å². The molecule has 4 nitrogen and oxygen atoms in total. The third-order valence-corrected chi connectivity index (χ3v) is 8.14. The van der Waals surface area contributed by atoms with Crippen molar-refractivity contribution < 1.29 is 10.2 Å². The van der Waals surface area contributed by atoms with Crippen LogP contribution in [0.25, 0.3) is 12.2 Å². The molecule has 2 aromatic heterocycles. The van der Waals surface area contributed by atoms with Gasteiger partial charge in [-0.1, -0.05) is 40.5 Å². The van der Waals surface area contributed by atoms with E-state index in [4.69, 9.17) is 0 Å². The summed E-state index contributed by atoms with van der Waals surface area (Å²) < 4.78 is 0. The van der Waals surface area contributed by atoms with Gasteiger partial charge in [-0.05, 0) is 73.6 Å². The lowest BCUT2D eigenvalue weighted by Gasteiger charge is -2.20. The van der Waals surface area contributed by atoms with E-state index in [-0.39, 0.29) is 34.9 Å². The summed E-state index contributed by atoms with van der Waals surface area (Å²) in [7, 11) is 0. The summed E-state index contributed by atoms with van der Waals surface area (Å²) in [5.41, 5.74) is -0.0816. The highest BCUT2D eigenvalue weighted by atomic mass is 32.1. The number of aliphatic hydroxyl groups excluding tert-OH is 2. The van der Waals surface area contributed by atoms with E-state index >= 15 is 0 Å². The first-order valence-corrected chi connectivity index (χ1v) is 13.8. The van der Waals surface area contributed by atoms with Crippen LogP contribution in [0.3, 0.4) is 0 Å². The Morgan fingerprint density at radius 2 is 1.06 bits per heavy atom. The molecule has 0 aliphatic heterocycles. The Morgan fingerprint density at radius 3 is 1.41 bits per heavy atom. The second-order valence-corrected chi connectivity index (χ2v) is 13.1. The lowest BCUT2D eigenvalue weighted by molar-refractivity contribution is 0.147. The van der Waals surface area contributed by atoms with Crippen LogP contribution in [0.5, 0.6) is 0 Å². The molecule has 6 heteroatoms. The maximum atomic E-state index is 12.2. The zero-order chi connectivity index (χ0) is 25.2. The van der Waals surface area contributed by atoms with Crippen LogP contribution in [0.15, 0.2) is 33.9 Å². The summed E-state index contributed by atoms with van der Waals surface area (Å²) in [6, 6.07) is 6.73. The van der Waals surface area contributed by atoms with Crippen LogP contribution in [0.1, 0.15) is 85.7 Å². The second kappa shape index (κ2) is 13.5. The molecule has 0 atom stereocenters. The second-order valence-electron chi connectivity index (χ2n) is 10.7. The van der Waals surface area contributed by atoms with Crippen molar-refractivity contribution in [2.45, 2.75) is 79.1 Å². The fourth-order valence-corrected chi connectivity index (χ4v) is 5.71. The topological polar surface area (TPSA) is 74.6 Å². The van der Waals surface area contributed by atoms with Gasteiger partial charge in [0.1, 0.15) is 0 Å². The largest absolute Gasteiger partial charge is 0.396 e. The third-order valence-electron chi connectivity index (χ3n) is 5.99. The van der Waals surface area contributed by atoms with E-state index < -0.39 is 0 Å². The molecule has 0 aromatic carbocycles. The van der Waals surface area contributed by atoms with Crippen molar-refractivity contribution in [2.24, 2.45) is 10.8 Å². The summed E-state index contributed by atoms with van der Waals surface area (Å²) >= 11 is 3.24. The normalized spacial score (nSPS) is 12.5. The minimum atomic E-state index is -0.0517. The Hall–Kier alpha value is -1.60. The van der Waals surface area contributed by atoms with Gasteiger partial charge in [0.05, 0.1) is 0 Å². The smallest absolute Gasteiger partial charge is 0.181 e. The first-order valence-electron chi connectivity index (χ1n) is 12.2. The van der Waals surface area contributed by atoms with Crippen LogP contribution in [0.2, 0.25) is 0 Å². The molecule has 2 aromatic rings. The summed E-state index contributed by atoms with van der Waals surface area (Å²) in [4.78, 5) is 28.3. The number of aryl methyl sites for hydroxylation is 2. The molecule has 0 radical (unpaired) electrons. The molecule has 0 unspecified atom stereocenters. The van der Waals surface area contributed by atoms with Crippen LogP contribution >= 0.6 is 22.7 Å². The molecular formula is C28H40O4S2. The van der Waals surface area contributed by atoms with Crippen molar-refractivity contribution in [3.05, 3.63) is 64.2 Å². The van der Waals surface area contributed by atoms with Gasteiger partial charge >= 0.3 is 0 Å². The SMILES string of the molecule is CC(C)(CO)CCCCc1cc(=O)cc(C=Cc2cc(=O)cc(CCCCC(C)(C)CO)s2)s1. The number of hydrogen-bond donors (Lipinski definition) is 2. The van der Waals surface area contributed by atoms with Gasteiger partial charge in [0.15, 0.2) is 10.9 Å². The van der Waals surface area contributed by atoms with E-state index in [0.29, 0.717) is 0 Å². The molecule has 34 heavy (non-hydrogen) atoms. The number of hydrogen-bond acceptors (Lipinski definition) is 6. The number of unbranched alkanes of at least 4 members (excludes halogenated alkanes) is 2. The van der Waals surface area contributed by atoms with Crippen molar-refractivity contribution in [3.63, 3.8) is 0 Å². The minimum absolute atomic E-state index is 0.0110. The van der Waals surface area contributed by atoms with E-state index in [1.54, 1.807) is 46.9 Å². The molecular weight excluding hydrogens is 464 g/mol. The molecule has 2 rings (SSSR count). The Balaban J connectivity index is 1.99. The van der Waals surface area contributed by atoms with Gasteiger partial charge in [0.2, 0.25) is 0 Å². The minimum Gasteiger partial charge on any atom is -0.396 e. The molecule has 0 saturated heterocycles. The van der Waals surface area contributed by atoms with Crippen molar-refractivity contribution in [1.29, 1.82) is 0 Å². The lowest BCUT2D eigenvalue weighted by atomic mass is 9.88. The highest BCUT2D eigenvalue weighted by Gasteiger charge is 2.16. The van der Waals surface area contributed by atoms with Crippen LogP contribution < -0.4 is 10.9 Å². The number of aliphatic hydroxyl groups is 2. The molecule has 0 aliphatic carbocycles. The van der Waals surface area contributed by atoms with Gasteiger partial charge in [-0.25, -0.2) is 0 Å². The van der Waals surface area contributed by atoms with Crippen molar-refractivity contribution >= 4 is 34.8 Å². The monoisotopic (exact) mass is 504 g/mol. The molecule has 0 saturated carbocycles. The maximum Gasteiger partial charge on any atom is 0.181 e. The highest BCUT2D eigenvalue weighted by Crippen LogP contribution is 2.25. The van der Waals surface area contributed by atoms with Gasteiger partial charge in [-0.3, -0.25) is 9.59 Å². The fraction of sp³-hybridized carbons (Fsp3) is 0.571. The predicted molar refractivity (Wildman–Crippen MR) is 147 cm³/mol. The zero-order valence-electron chi connectivity index (χ0n) is 21.1. The quantitative estimate of drug-likeness (QED) is 0.302. The Labute approximate surface area is 212 Å². The summed E-state index contributed by atoms with van der Waals surface area (Å²) in [5, 5.41) is 18.8. The lowest BCUT2D eigenvalue weighted by Crippen LogP contribution is -2.16. The standard InChI is InChI=1S/C28H40O4S2/c1-27(2,19-29)13-7-5-9-23-15-21(31)17-25(33-23)11-12-26-18-22(32)16-24(34-26)10-6-8-14-28(3,4)20-30/h11-12,15-18,29-30H,5-10,13-14,19-20H2,1-4H3. The highest BCUT2D eigenvalue weighted by molar-refractivity contribution is 7.13. The molecule has 2 heterocycles. The Bertz CT molecular complexity index is 963. The van der Waals surface area contributed by atoms with Crippen LogP contribution in [-0.2, 0) is 12.8 Å². The van der Waals surface area contributed by atoms with E-state index in [1.165, 1.54) is 0 Å². The predicted octanol–water partition coefficient (Wildman–Crippen LogP) is 6.16. The maximum absolute atomic E-state index is 12.2. The summed E-state index contributed by atoms with van der Waals surface area (Å²) in [5.74, 6) is 0. The molecule has 0 bridgehead atoms. The Kier molecular flexibility index (Phi) is 11.4. The van der Waals surface area contributed by atoms with Gasteiger partial charge in [0.25, 0.3) is 0 Å². The van der Waals surface area contributed by atoms with Gasteiger partial charge in [-0.15, -0.1) is 22.7 Å². The van der Waals surface area contributed by atoms with E-state index in [2.05, 4.69) is 27.7 Å². The molecule has 0 spiro atoms.